The van der Waals surface area contributed by atoms with Crippen molar-refractivity contribution >= 4 is 36.0 Å². The van der Waals surface area contributed by atoms with Crippen LogP contribution in [0.1, 0.15) is 50.5 Å². The predicted octanol–water partition coefficient (Wildman–Crippen LogP) is 3.68. The number of rotatable bonds is 5. The third kappa shape index (κ3) is 4.54. The smallest absolute Gasteiger partial charge is 0.478 e. The average molecular weight is 362 g/mol. The van der Waals surface area contributed by atoms with Gasteiger partial charge in [0.25, 0.3) is 0 Å². The molecule has 0 saturated carbocycles. The van der Waals surface area contributed by atoms with Crippen LogP contribution in [0.5, 0.6) is 0 Å². The summed E-state index contributed by atoms with van der Waals surface area (Å²) in [5.74, 6) is -0.625. The minimum absolute atomic E-state index is 0.0195. The molecular weight excluding hydrogens is 339 g/mol. The van der Waals surface area contributed by atoms with E-state index in [0.29, 0.717) is 11.3 Å². The maximum Gasteiger partial charge on any atom is 0.491 e. The summed E-state index contributed by atoms with van der Waals surface area (Å²) in [5, 5.41) is 9.36. The van der Waals surface area contributed by atoms with Crippen LogP contribution in [-0.4, -0.2) is 40.3 Å². The normalized spacial score (nSPS) is 19.1. The molecule has 2 rings (SSSR count). The third-order valence-corrected chi connectivity index (χ3v) is 5.41. The molecule has 0 bridgehead atoms. The summed E-state index contributed by atoms with van der Waals surface area (Å²) >= 11 is 1.15. The van der Waals surface area contributed by atoms with E-state index < -0.39 is 24.3 Å². The Hall–Kier alpha value is -1.57. The number of hydrogen-bond acceptors (Lipinski definition) is 5. The molecule has 134 valence electrons. The van der Waals surface area contributed by atoms with Crippen molar-refractivity contribution in [1.82, 2.24) is 0 Å². The molecule has 1 fully saturated rings. The first-order valence-corrected chi connectivity index (χ1v) is 9.04. The van der Waals surface area contributed by atoms with Crippen molar-refractivity contribution in [2.75, 3.05) is 5.75 Å². The van der Waals surface area contributed by atoms with Gasteiger partial charge in [0, 0.05) is 12.7 Å². The number of carboxylic acid groups (broad SMARTS) is 1. The van der Waals surface area contributed by atoms with Gasteiger partial charge >= 0.3 is 13.1 Å². The van der Waals surface area contributed by atoms with Crippen LogP contribution in [0.2, 0.25) is 0 Å². The number of benzene rings is 1. The van der Waals surface area contributed by atoms with Crippen LogP contribution < -0.4 is 0 Å². The van der Waals surface area contributed by atoms with Gasteiger partial charge in [-0.3, -0.25) is 4.79 Å². The van der Waals surface area contributed by atoms with E-state index in [9.17, 15) is 14.7 Å². The molecule has 0 aromatic heterocycles. The first-order valence-electron chi connectivity index (χ1n) is 8.05. The lowest BCUT2D eigenvalue weighted by Gasteiger charge is -2.32. The van der Waals surface area contributed by atoms with E-state index in [0.717, 1.165) is 17.2 Å². The Morgan fingerprint density at radius 3 is 2.24 bits per heavy atom. The molecule has 7 heteroatoms. The van der Waals surface area contributed by atoms with E-state index in [1.165, 1.54) is 6.92 Å². The zero-order valence-corrected chi connectivity index (χ0v) is 16.0. The Morgan fingerprint density at radius 1 is 1.16 bits per heavy atom. The second kappa shape index (κ2) is 7.36. The Kier molecular flexibility index (Phi) is 5.81. The molecule has 1 N–H and O–H groups in total. The van der Waals surface area contributed by atoms with Gasteiger partial charge in [0.2, 0.25) is 0 Å². The van der Waals surface area contributed by atoms with Crippen molar-refractivity contribution in [3.63, 3.8) is 0 Å². The molecule has 0 amide bonds. The Bertz CT molecular complexity index is 695. The molecule has 1 aromatic rings. The topological polar surface area (TPSA) is 72.8 Å². The molecule has 1 aromatic carbocycles. The zero-order chi connectivity index (χ0) is 18.8. The van der Waals surface area contributed by atoms with E-state index in [1.54, 1.807) is 30.3 Å². The third-order valence-electron chi connectivity index (χ3n) is 4.53. The first-order chi connectivity index (χ1) is 11.5. The van der Waals surface area contributed by atoms with Crippen molar-refractivity contribution in [3.8, 4) is 0 Å². The maximum absolute atomic E-state index is 11.4. The Balaban J connectivity index is 2.41. The van der Waals surface area contributed by atoms with E-state index in [4.69, 9.17) is 9.31 Å². The Labute approximate surface area is 152 Å². The van der Waals surface area contributed by atoms with Gasteiger partial charge in [0.15, 0.2) is 5.12 Å². The standard InChI is InChI=1S/C18H23BO5S/c1-12(20)25-11-14(19-23-17(2,3)18(4,5)24-19)10-13-8-6-7-9-15(13)16(21)22/h6-10H,11H2,1-5H3,(H,21,22). The highest BCUT2D eigenvalue weighted by molar-refractivity contribution is 8.13. The van der Waals surface area contributed by atoms with E-state index >= 15 is 0 Å². The molecular formula is C18H23BO5S. The number of aromatic carboxylic acids is 1. The van der Waals surface area contributed by atoms with Crippen LogP contribution in [0.3, 0.4) is 0 Å². The highest BCUT2D eigenvalue weighted by Gasteiger charge is 2.52. The molecule has 25 heavy (non-hydrogen) atoms. The molecule has 0 spiro atoms. The van der Waals surface area contributed by atoms with E-state index in [-0.39, 0.29) is 10.7 Å². The second-order valence-electron chi connectivity index (χ2n) is 6.98. The van der Waals surface area contributed by atoms with Crippen molar-refractivity contribution < 1.29 is 24.0 Å². The summed E-state index contributed by atoms with van der Waals surface area (Å²) in [4.78, 5) is 22.9. The van der Waals surface area contributed by atoms with Crippen LogP contribution >= 0.6 is 11.8 Å². The van der Waals surface area contributed by atoms with Crippen molar-refractivity contribution in [3.05, 3.63) is 40.9 Å². The minimum Gasteiger partial charge on any atom is -0.478 e. The largest absolute Gasteiger partial charge is 0.491 e. The van der Waals surface area contributed by atoms with Crippen LogP contribution in [0.4, 0.5) is 0 Å². The highest BCUT2D eigenvalue weighted by Crippen LogP contribution is 2.39. The number of thioether (sulfide) groups is 1. The molecule has 5 nitrogen and oxygen atoms in total. The lowest BCUT2D eigenvalue weighted by Crippen LogP contribution is -2.41. The fourth-order valence-corrected chi connectivity index (χ4v) is 2.96. The molecule has 1 aliphatic heterocycles. The van der Waals surface area contributed by atoms with Crippen LogP contribution in [-0.2, 0) is 14.1 Å². The van der Waals surface area contributed by atoms with Crippen molar-refractivity contribution in [2.24, 2.45) is 0 Å². The molecule has 0 unspecified atom stereocenters. The van der Waals surface area contributed by atoms with Gasteiger partial charge in [0.1, 0.15) is 0 Å². The fraction of sp³-hybridized carbons (Fsp3) is 0.444. The minimum atomic E-state index is -1.00. The SMILES string of the molecule is CC(=O)SCC(=Cc1ccccc1C(=O)O)B1OC(C)(C)C(C)(C)O1. The molecule has 1 aliphatic rings. The monoisotopic (exact) mass is 362 g/mol. The van der Waals surface area contributed by atoms with Gasteiger partial charge in [0.05, 0.1) is 16.8 Å². The average Bonchev–Trinajstić information content (AvgIpc) is 2.71. The molecule has 0 atom stereocenters. The summed E-state index contributed by atoms with van der Waals surface area (Å²) in [6.45, 7) is 9.31. The molecule has 0 radical (unpaired) electrons. The maximum atomic E-state index is 11.4. The zero-order valence-electron chi connectivity index (χ0n) is 15.2. The highest BCUT2D eigenvalue weighted by atomic mass is 32.2. The summed E-state index contributed by atoms with van der Waals surface area (Å²) in [6.07, 6.45) is 1.75. The number of hydrogen-bond donors (Lipinski definition) is 1. The summed E-state index contributed by atoms with van der Waals surface area (Å²) in [6, 6.07) is 6.74. The summed E-state index contributed by atoms with van der Waals surface area (Å²) < 4.78 is 12.1. The van der Waals surface area contributed by atoms with Gasteiger partial charge < -0.3 is 14.4 Å². The quantitative estimate of drug-likeness (QED) is 0.806. The van der Waals surface area contributed by atoms with Gasteiger partial charge in [-0.25, -0.2) is 4.79 Å². The van der Waals surface area contributed by atoms with Gasteiger partial charge in [-0.15, -0.1) is 0 Å². The van der Waals surface area contributed by atoms with Gasteiger partial charge in [-0.05, 0) is 44.8 Å². The number of carbonyl (C=O) groups is 2. The summed E-state index contributed by atoms with van der Waals surface area (Å²) in [5.41, 5.74) is 0.467. The lowest BCUT2D eigenvalue weighted by molar-refractivity contribution is -0.109. The molecule has 0 aliphatic carbocycles. The fourth-order valence-electron chi connectivity index (χ4n) is 2.37. The second-order valence-corrected chi connectivity index (χ2v) is 8.13. The van der Waals surface area contributed by atoms with Crippen molar-refractivity contribution in [2.45, 2.75) is 45.8 Å². The van der Waals surface area contributed by atoms with Crippen molar-refractivity contribution in [1.29, 1.82) is 0 Å². The first kappa shape index (κ1) is 19.8. The molecule has 1 saturated heterocycles. The lowest BCUT2D eigenvalue weighted by atomic mass is 9.78. The summed E-state index contributed by atoms with van der Waals surface area (Å²) in [7, 11) is -0.626. The number of carboxylic acids is 1. The Morgan fingerprint density at radius 2 is 1.72 bits per heavy atom. The van der Waals surface area contributed by atoms with Gasteiger partial charge in [-0.1, -0.05) is 36.0 Å². The van der Waals surface area contributed by atoms with Crippen LogP contribution in [0, 0.1) is 0 Å². The van der Waals surface area contributed by atoms with E-state index in [2.05, 4.69) is 0 Å². The number of carbonyl (C=O) groups excluding carboxylic acids is 1. The van der Waals surface area contributed by atoms with Crippen LogP contribution in [0.25, 0.3) is 6.08 Å². The van der Waals surface area contributed by atoms with Crippen LogP contribution in [0.15, 0.2) is 29.7 Å². The molecule has 1 heterocycles. The van der Waals surface area contributed by atoms with Gasteiger partial charge in [-0.2, -0.15) is 0 Å². The van der Waals surface area contributed by atoms with E-state index in [1.807, 2.05) is 27.7 Å². The predicted molar refractivity (Wildman–Crippen MR) is 101 cm³/mol.